The summed E-state index contributed by atoms with van der Waals surface area (Å²) in [5.41, 5.74) is 2.17. The summed E-state index contributed by atoms with van der Waals surface area (Å²) in [7, 11) is 0. The SMILES string of the molecule is Cc1cc(C)cc(SC(C)O)c1. The van der Waals surface area contributed by atoms with Gasteiger partial charge in [-0.15, -0.1) is 0 Å². The molecular formula is C10H14OS. The van der Waals surface area contributed by atoms with E-state index in [-0.39, 0.29) is 5.44 Å². The standard InChI is InChI=1S/C10H14OS/c1-7-4-8(2)6-10(5-7)12-9(3)11/h4-6,9,11H,1-3H3. The van der Waals surface area contributed by atoms with Gasteiger partial charge in [0.25, 0.3) is 0 Å². The van der Waals surface area contributed by atoms with Gasteiger partial charge in [-0.2, -0.15) is 0 Å². The van der Waals surface area contributed by atoms with E-state index < -0.39 is 0 Å². The Bertz CT molecular complexity index is 248. The molecule has 1 rings (SSSR count). The van der Waals surface area contributed by atoms with Crippen molar-refractivity contribution in [3.8, 4) is 0 Å². The van der Waals surface area contributed by atoms with E-state index >= 15 is 0 Å². The summed E-state index contributed by atoms with van der Waals surface area (Å²) < 4.78 is 0. The number of thioether (sulfide) groups is 1. The second-order valence-corrected chi connectivity index (χ2v) is 4.43. The van der Waals surface area contributed by atoms with Gasteiger partial charge in [0.15, 0.2) is 0 Å². The molecule has 0 radical (unpaired) electrons. The van der Waals surface area contributed by atoms with Gasteiger partial charge in [-0.1, -0.05) is 17.8 Å². The molecule has 0 aliphatic carbocycles. The Labute approximate surface area is 77.8 Å². The predicted molar refractivity (Wildman–Crippen MR) is 53.5 cm³/mol. The minimum absolute atomic E-state index is 0.328. The van der Waals surface area contributed by atoms with Gasteiger partial charge in [0.05, 0.1) is 0 Å². The van der Waals surface area contributed by atoms with Crippen LogP contribution in [0.15, 0.2) is 23.1 Å². The molecule has 12 heavy (non-hydrogen) atoms. The largest absolute Gasteiger partial charge is 0.382 e. The highest BCUT2D eigenvalue weighted by Crippen LogP contribution is 2.23. The lowest BCUT2D eigenvalue weighted by atomic mass is 10.2. The van der Waals surface area contributed by atoms with Crippen LogP contribution in [0.4, 0.5) is 0 Å². The van der Waals surface area contributed by atoms with Gasteiger partial charge in [0.2, 0.25) is 0 Å². The Balaban J connectivity index is 2.85. The Morgan fingerprint density at radius 3 is 2.08 bits per heavy atom. The Kier molecular flexibility index (Phi) is 3.18. The second-order valence-electron chi connectivity index (χ2n) is 3.04. The zero-order chi connectivity index (χ0) is 9.14. The first kappa shape index (κ1) is 9.62. The van der Waals surface area contributed by atoms with E-state index in [0.29, 0.717) is 0 Å². The first-order chi connectivity index (χ1) is 5.58. The molecule has 1 N–H and O–H groups in total. The second kappa shape index (κ2) is 3.97. The van der Waals surface area contributed by atoms with E-state index in [9.17, 15) is 0 Å². The summed E-state index contributed by atoms with van der Waals surface area (Å²) in [6, 6.07) is 6.31. The third-order valence-corrected chi connectivity index (χ3v) is 2.35. The number of aliphatic hydroxyl groups is 1. The van der Waals surface area contributed by atoms with E-state index in [1.54, 1.807) is 6.92 Å². The molecule has 0 aliphatic rings. The maximum atomic E-state index is 9.15. The lowest BCUT2D eigenvalue weighted by Crippen LogP contribution is -1.91. The van der Waals surface area contributed by atoms with Crippen molar-refractivity contribution >= 4 is 11.8 Å². The number of rotatable bonds is 2. The highest BCUT2D eigenvalue weighted by atomic mass is 32.2. The minimum Gasteiger partial charge on any atom is -0.382 e. The first-order valence-electron chi connectivity index (χ1n) is 4.01. The fourth-order valence-corrected chi connectivity index (χ4v) is 2.10. The highest BCUT2D eigenvalue weighted by molar-refractivity contribution is 7.99. The van der Waals surface area contributed by atoms with E-state index in [2.05, 4.69) is 32.0 Å². The molecule has 1 nitrogen and oxygen atoms in total. The Morgan fingerprint density at radius 1 is 1.17 bits per heavy atom. The molecular weight excluding hydrogens is 168 g/mol. The summed E-state index contributed by atoms with van der Waals surface area (Å²) in [6.07, 6.45) is 0. The minimum atomic E-state index is -0.328. The highest BCUT2D eigenvalue weighted by Gasteiger charge is 2.00. The Morgan fingerprint density at radius 2 is 1.67 bits per heavy atom. The molecule has 1 unspecified atom stereocenters. The average Bonchev–Trinajstić information content (AvgIpc) is 1.81. The van der Waals surface area contributed by atoms with E-state index in [1.807, 2.05) is 0 Å². The number of benzene rings is 1. The van der Waals surface area contributed by atoms with E-state index in [0.717, 1.165) is 4.90 Å². The monoisotopic (exact) mass is 182 g/mol. The van der Waals surface area contributed by atoms with Crippen LogP contribution in [0.25, 0.3) is 0 Å². The van der Waals surface area contributed by atoms with Crippen molar-refractivity contribution < 1.29 is 5.11 Å². The lowest BCUT2D eigenvalue weighted by Gasteiger charge is -2.06. The maximum Gasteiger partial charge on any atom is 0.101 e. The quantitative estimate of drug-likeness (QED) is 0.560. The average molecular weight is 182 g/mol. The summed E-state index contributed by atoms with van der Waals surface area (Å²) in [5.74, 6) is 0. The lowest BCUT2D eigenvalue weighted by molar-refractivity contribution is 0.284. The number of hydrogen-bond acceptors (Lipinski definition) is 2. The number of aryl methyl sites for hydroxylation is 2. The molecule has 1 aromatic carbocycles. The van der Waals surface area contributed by atoms with Crippen LogP contribution in [0, 0.1) is 13.8 Å². The van der Waals surface area contributed by atoms with Gasteiger partial charge in [-0.05, 0) is 44.0 Å². The normalized spacial score (nSPS) is 13.0. The maximum absolute atomic E-state index is 9.15. The fraction of sp³-hybridized carbons (Fsp3) is 0.400. The van der Waals surface area contributed by atoms with Crippen LogP contribution < -0.4 is 0 Å². The van der Waals surface area contributed by atoms with E-state index in [4.69, 9.17) is 5.11 Å². The molecule has 0 saturated heterocycles. The molecule has 1 atom stereocenters. The van der Waals surface area contributed by atoms with Crippen molar-refractivity contribution in [3.63, 3.8) is 0 Å². The van der Waals surface area contributed by atoms with Gasteiger partial charge >= 0.3 is 0 Å². The molecule has 66 valence electrons. The first-order valence-corrected chi connectivity index (χ1v) is 4.89. The molecule has 0 amide bonds. The van der Waals surface area contributed by atoms with Crippen LogP contribution in [0.2, 0.25) is 0 Å². The third-order valence-electron chi connectivity index (χ3n) is 1.50. The van der Waals surface area contributed by atoms with E-state index in [1.165, 1.54) is 22.9 Å². The smallest absolute Gasteiger partial charge is 0.101 e. The topological polar surface area (TPSA) is 20.2 Å². The van der Waals surface area contributed by atoms with Crippen molar-refractivity contribution in [2.75, 3.05) is 0 Å². The van der Waals surface area contributed by atoms with Crippen molar-refractivity contribution in [1.29, 1.82) is 0 Å². The van der Waals surface area contributed by atoms with Crippen molar-refractivity contribution in [3.05, 3.63) is 29.3 Å². The zero-order valence-electron chi connectivity index (χ0n) is 7.66. The van der Waals surface area contributed by atoms with Gasteiger partial charge in [0.1, 0.15) is 5.44 Å². The van der Waals surface area contributed by atoms with Crippen molar-refractivity contribution in [1.82, 2.24) is 0 Å². The van der Waals surface area contributed by atoms with Gasteiger partial charge in [0, 0.05) is 4.90 Å². The molecule has 0 bridgehead atoms. The predicted octanol–water partition coefficient (Wildman–Crippen LogP) is 2.73. The fourth-order valence-electron chi connectivity index (χ4n) is 1.20. The molecule has 2 heteroatoms. The molecule has 0 aromatic heterocycles. The molecule has 1 aromatic rings. The molecule has 0 spiro atoms. The van der Waals surface area contributed by atoms with Crippen LogP contribution in [0.5, 0.6) is 0 Å². The van der Waals surface area contributed by atoms with Crippen LogP contribution in [-0.2, 0) is 0 Å². The van der Waals surface area contributed by atoms with Crippen molar-refractivity contribution in [2.24, 2.45) is 0 Å². The molecule has 0 heterocycles. The van der Waals surface area contributed by atoms with Crippen LogP contribution in [0.1, 0.15) is 18.1 Å². The van der Waals surface area contributed by atoms with Crippen LogP contribution >= 0.6 is 11.8 Å². The molecule has 0 saturated carbocycles. The van der Waals surface area contributed by atoms with Crippen LogP contribution in [-0.4, -0.2) is 10.5 Å². The number of hydrogen-bond donors (Lipinski definition) is 1. The summed E-state index contributed by atoms with van der Waals surface area (Å²) >= 11 is 1.48. The molecule has 0 aliphatic heterocycles. The molecule has 0 fully saturated rings. The summed E-state index contributed by atoms with van der Waals surface area (Å²) in [5, 5.41) is 9.15. The summed E-state index contributed by atoms with van der Waals surface area (Å²) in [4.78, 5) is 1.14. The zero-order valence-corrected chi connectivity index (χ0v) is 8.48. The van der Waals surface area contributed by atoms with Gasteiger partial charge in [-0.3, -0.25) is 0 Å². The van der Waals surface area contributed by atoms with Gasteiger partial charge < -0.3 is 5.11 Å². The number of aliphatic hydroxyl groups excluding tert-OH is 1. The van der Waals surface area contributed by atoms with Crippen LogP contribution in [0.3, 0.4) is 0 Å². The Hall–Kier alpha value is -0.470. The van der Waals surface area contributed by atoms with Crippen molar-refractivity contribution in [2.45, 2.75) is 31.1 Å². The van der Waals surface area contributed by atoms with Gasteiger partial charge in [-0.25, -0.2) is 0 Å². The third kappa shape index (κ3) is 2.88. The summed E-state index contributed by atoms with van der Waals surface area (Å²) in [6.45, 7) is 5.92.